The molecule has 4 atom stereocenters. The molecular formula is C17H24FNO. The fourth-order valence-electron chi connectivity index (χ4n) is 3.94. The van der Waals surface area contributed by atoms with E-state index in [1.165, 1.54) is 25.7 Å². The Kier molecular flexibility index (Phi) is 3.97. The van der Waals surface area contributed by atoms with E-state index in [-0.39, 0.29) is 11.9 Å². The van der Waals surface area contributed by atoms with Crippen LogP contribution in [0.4, 0.5) is 4.39 Å². The van der Waals surface area contributed by atoms with Gasteiger partial charge in [0, 0.05) is 6.04 Å². The molecule has 110 valence electrons. The van der Waals surface area contributed by atoms with Crippen molar-refractivity contribution in [2.24, 2.45) is 23.5 Å². The zero-order valence-corrected chi connectivity index (χ0v) is 12.1. The van der Waals surface area contributed by atoms with Crippen LogP contribution in [0.3, 0.4) is 0 Å². The maximum atomic E-state index is 14.0. The molecule has 0 spiro atoms. The van der Waals surface area contributed by atoms with Gasteiger partial charge in [-0.2, -0.15) is 0 Å². The molecule has 2 saturated carbocycles. The minimum atomic E-state index is -0.258. The van der Waals surface area contributed by atoms with Crippen LogP contribution in [0.15, 0.2) is 18.2 Å². The number of fused-ring (bicyclic) bond motifs is 2. The van der Waals surface area contributed by atoms with E-state index >= 15 is 0 Å². The van der Waals surface area contributed by atoms with Gasteiger partial charge in [-0.05, 0) is 68.1 Å². The Morgan fingerprint density at radius 3 is 2.80 bits per heavy atom. The molecule has 0 aromatic heterocycles. The van der Waals surface area contributed by atoms with E-state index in [2.05, 4.69) is 0 Å². The van der Waals surface area contributed by atoms with E-state index in [9.17, 15) is 4.39 Å². The summed E-state index contributed by atoms with van der Waals surface area (Å²) in [7, 11) is 0. The molecule has 2 nitrogen and oxygen atoms in total. The van der Waals surface area contributed by atoms with Gasteiger partial charge >= 0.3 is 0 Å². The predicted octanol–water partition coefficient (Wildman–Crippen LogP) is 3.53. The summed E-state index contributed by atoms with van der Waals surface area (Å²) < 4.78 is 19.7. The lowest BCUT2D eigenvalue weighted by atomic mass is 9.89. The van der Waals surface area contributed by atoms with Crippen LogP contribution in [0.5, 0.6) is 5.75 Å². The third-order valence-electron chi connectivity index (χ3n) is 4.89. The monoisotopic (exact) mass is 277 g/mol. The lowest BCUT2D eigenvalue weighted by Crippen LogP contribution is -2.19. The number of hydrogen-bond donors (Lipinski definition) is 1. The smallest absolute Gasteiger partial charge is 0.165 e. The molecule has 2 aliphatic carbocycles. The summed E-state index contributed by atoms with van der Waals surface area (Å²) in [6, 6.07) is 5.28. The van der Waals surface area contributed by atoms with Gasteiger partial charge in [0.1, 0.15) is 0 Å². The van der Waals surface area contributed by atoms with E-state index in [0.29, 0.717) is 24.7 Å². The van der Waals surface area contributed by atoms with Crippen molar-refractivity contribution < 1.29 is 9.13 Å². The maximum Gasteiger partial charge on any atom is 0.165 e. The summed E-state index contributed by atoms with van der Waals surface area (Å²) in [6.45, 7) is 2.60. The first-order chi connectivity index (χ1) is 9.61. The highest BCUT2D eigenvalue weighted by molar-refractivity contribution is 5.29. The first kappa shape index (κ1) is 13.9. The molecule has 3 heteroatoms. The molecule has 0 amide bonds. The van der Waals surface area contributed by atoms with Crippen molar-refractivity contribution in [3.05, 3.63) is 29.6 Å². The van der Waals surface area contributed by atoms with E-state index in [1.54, 1.807) is 12.1 Å². The molecule has 0 heterocycles. The lowest BCUT2D eigenvalue weighted by Gasteiger charge is -2.22. The minimum absolute atomic E-state index is 0.0511. The number of hydrogen-bond acceptors (Lipinski definition) is 2. The molecular weight excluding hydrogens is 253 g/mol. The quantitative estimate of drug-likeness (QED) is 0.893. The van der Waals surface area contributed by atoms with E-state index < -0.39 is 0 Å². The zero-order valence-electron chi connectivity index (χ0n) is 12.1. The molecule has 2 fully saturated rings. The fraction of sp³-hybridized carbons (Fsp3) is 0.647. The summed E-state index contributed by atoms with van der Waals surface area (Å²) in [5.74, 6) is 2.50. The second-order valence-electron chi connectivity index (χ2n) is 6.69. The van der Waals surface area contributed by atoms with Gasteiger partial charge in [0.25, 0.3) is 0 Å². The van der Waals surface area contributed by atoms with Crippen LogP contribution in [-0.2, 0) is 6.42 Å². The molecule has 0 saturated heterocycles. The minimum Gasteiger partial charge on any atom is -0.490 e. The number of ether oxygens (including phenoxy) is 1. The summed E-state index contributed by atoms with van der Waals surface area (Å²) in [5.41, 5.74) is 6.67. The third kappa shape index (κ3) is 2.98. The van der Waals surface area contributed by atoms with Gasteiger partial charge in [0.2, 0.25) is 0 Å². The number of halogens is 1. The second kappa shape index (κ2) is 5.72. The second-order valence-corrected chi connectivity index (χ2v) is 6.69. The normalized spacial score (nSPS) is 29.6. The molecule has 4 unspecified atom stereocenters. The van der Waals surface area contributed by atoms with Crippen LogP contribution in [0.2, 0.25) is 0 Å². The molecule has 20 heavy (non-hydrogen) atoms. The largest absolute Gasteiger partial charge is 0.490 e. The highest BCUT2D eigenvalue weighted by Crippen LogP contribution is 2.48. The van der Waals surface area contributed by atoms with Gasteiger partial charge in [0.05, 0.1) is 6.61 Å². The molecule has 1 aromatic carbocycles. The van der Waals surface area contributed by atoms with Crippen LogP contribution in [0, 0.1) is 23.6 Å². The van der Waals surface area contributed by atoms with Crippen molar-refractivity contribution >= 4 is 0 Å². The predicted molar refractivity (Wildman–Crippen MR) is 78.2 cm³/mol. The maximum absolute atomic E-state index is 14.0. The topological polar surface area (TPSA) is 35.2 Å². The Balaban J connectivity index is 1.57. The van der Waals surface area contributed by atoms with Gasteiger partial charge in [-0.25, -0.2) is 4.39 Å². The van der Waals surface area contributed by atoms with Crippen LogP contribution in [0.25, 0.3) is 0 Å². The van der Waals surface area contributed by atoms with Gasteiger partial charge < -0.3 is 10.5 Å². The van der Waals surface area contributed by atoms with Gasteiger partial charge in [-0.15, -0.1) is 0 Å². The van der Waals surface area contributed by atoms with Gasteiger partial charge in [-0.3, -0.25) is 0 Å². The van der Waals surface area contributed by atoms with Crippen LogP contribution < -0.4 is 10.5 Å². The molecule has 2 N–H and O–H groups in total. The van der Waals surface area contributed by atoms with E-state index in [4.69, 9.17) is 10.5 Å². The SMILES string of the molecule is CC(N)Cc1ccc(OCC2CC3CCC2C3)c(F)c1. The number of rotatable bonds is 5. The van der Waals surface area contributed by atoms with Crippen LogP contribution in [-0.4, -0.2) is 12.6 Å². The summed E-state index contributed by atoms with van der Waals surface area (Å²) in [4.78, 5) is 0. The number of benzene rings is 1. The Bertz CT molecular complexity index is 474. The Labute approximate surface area is 120 Å². The summed E-state index contributed by atoms with van der Waals surface area (Å²) >= 11 is 0. The molecule has 2 aliphatic rings. The van der Waals surface area contributed by atoms with Crippen LogP contribution in [0.1, 0.15) is 38.2 Å². The molecule has 1 aromatic rings. The van der Waals surface area contributed by atoms with Crippen molar-refractivity contribution in [1.82, 2.24) is 0 Å². The lowest BCUT2D eigenvalue weighted by molar-refractivity contribution is 0.189. The van der Waals surface area contributed by atoms with Gasteiger partial charge in [0.15, 0.2) is 11.6 Å². The third-order valence-corrected chi connectivity index (χ3v) is 4.89. The Morgan fingerprint density at radius 2 is 2.20 bits per heavy atom. The van der Waals surface area contributed by atoms with Crippen molar-refractivity contribution in [1.29, 1.82) is 0 Å². The Morgan fingerprint density at radius 1 is 1.35 bits per heavy atom. The highest BCUT2D eigenvalue weighted by Gasteiger charge is 2.39. The van der Waals surface area contributed by atoms with Crippen molar-refractivity contribution in [3.8, 4) is 5.75 Å². The Hall–Kier alpha value is -1.09. The summed E-state index contributed by atoms with van der Waals surface area (Å²) in [6.07, 6.45) is 6.07. The standard InChI is InChI=1S/C17H24FNO/c1-11(19)6-12-3-5-17(16(18)9-12)20-10-15-8-13-2-4-14(15)7-13/h3,5,9,11,13-15H,2,4,6-8,10,19H2,1H3. The van der Waals surface area contributed by atoms with Crippen LogP contribution >= 0.6 is 0 Å². The van der Waals surface area contributed by atoms with Crippen molar-refractivity contribution in [2.75, 3.05) is 6.61 Å². The van der Waals surface area contributed by atoms with E-state index in [0.717, 1.165) is 17.4 Å². The average molecular weight is 277 g/mol. The van der Waals surface area contributed by atoms with E-state index in [1.807, 2.05) is 13.0 Å². The first-order valence-corrected chi connectivity index (χ1v) is 7.78. The molecule has 3 rings (SSSR count). The molecule has 0 aliphatic heterocycles. The van der Waals surface area contributed by atoms with Crippen molar-refractivity contribution in [3.63, 3.8) is 0 Å². The summed E-state index contributed by atoms with van der Waals surface area (Å²) in [5, 5.41) is 0. The average Bonchev–Trinajstić information content (AvgIpc) is 2.99. The highest BCUT2D eigenvalue weighted by atomic mass is 19.1. The fourth-order valence-corrected chi connectivity index (χ4v) is 3.94. The van der Waals surface area contributed by atoms with Crippen molar-refractivity contribution in [2.45, 2.75) is 45.1 Å². The first-order valence-electron chi connectivity index (χ1n) is 7.78. The molecule has 0 radical (unpaired) electrons. The zero-order chi connectivity index (χ0) is 14.1. The number of nitrogens with two attached hydrogens (primary N) is 1. The van der Waals surface area contributed by atoms with Gasteiger partial charge in [-0.1, -0.05) is 12.5 Å². The molecule has 2 bridgehead atoms.